The van der Waals surface area contributed by atoms with Gasteiger partial charge in [0.1, 0.15) is 0 Å². The zero-order valence-electron chi connectivity index (χ0n) is 8.21. The molecular weight excluding hydrogens is 230 g/mol. The van der Waals surface area contributed by atoms with Crippen molar-refractivity contribution in [3.63, 3.8) is 0 Å². The third-order valence-corrected chi connectivity index (χ3v) is 2.42. The van der Waals surface area contributed by atoms with Crippen LogP contribution in [0.5, 0.6) is 0 Å². The van der Waals surface area contributed by atoms with E-state index in [0.29, 0.717) is 6.00 Å². The Labute approximate surface area is 96.4 Å². The molecule has 5 nitrogen and oxygen atoms in total. The van der Waals surface area contributed by atoms with Gasteiger partial charge < -0.3 is 4.57 Å². The molecule has 0 unspecified atom stereocenters. The molecule has 2 rings (SSSR count). The normalized spacial score (nSPS) is 10.3. The maximum absolute atomic E-state index is 10.5. The van der Waals surface area contributed by atoms with E-state index in [2.05, 4.69) is 4.98 Å². The number of nitrogens with zero attached hydrogens (tertiary/aromatic N) is 3. The highest BCUT2D eigenvalue weighted by atomic mass is 35.5. The smallest absolute Gasteiger partial charge is 0.269 e. The zero-order valence-corrected chi connectivity index (χ0v) is 8.96. The number of hydrogen-bond donors (Lipinski definition) is 0. The van der Waals surface area contributed by atoms with Crippen molar-refractivity contribution in [2.75, 3.05) is 0 Å². The van der Waals surface area contributed by atoms with Crippen molar-refractivity contribution in [2.45, 2.75) is 6.00 Å². The second kappa shape index (κ2) is 4.32. The maximum atomic E-state index is 10.5. The van der Waals surface area contributed by atoms with Crippen LogP contribution >= 0.6 is 11.6 Å². The quantitative estimate of drug-likeness (QED) is 0.468. The number of alkyl halides is 1. The predicted molar refractivity (Wildman–Crippen MR) is 60.2 cm³/mol. The van der Waals surface area contributed by atoms with E-state index in [1.807, 2.05) is 0 Å². The summed E-state index contributed by atoms with van der Waals surface area (Å²) >= 11 is 5.63. The molecule has 0 aliphatic rings. The van der Waals surface area contributed by atoms with E-state index in [-0.39, 0.29) is 5.69 Å². The molecule has 0 aliphatic carbocycles. The monoisotopic (exact) mass is 237 g/mol. The summed E-state index contributed by atoms with van der Waals surface area (Å²) in [4.78, 5) is 14.2. The van der Waals surface area contributed by atoms with Gasteiger partial charge in [0.15, 0.2) is 0 Å². The van der Waals surface area contributed by atoms with Crippen LogP contribution in [-0.4, -0.2) is 14.5 Å². The lowest BCUT2D eigenvalue weighted by Gasteiger charge is -1.95. The molecule has 1 aromatic carbocycles. The number of hydrogen-bond acceptors (Lipinski definition) is 3. The number of benzene rings is 1. The minimum Gasteiger partial charge on any atom is -0.323 e. The van der Waals surface area contributed by atoms with Gasteiger partial charge in [0.2, 0.25) is 0 Å². The highest BCUT2D eigenvalue weighted by Gasteiger charge is 2.06. The molecule has 0 atom stereocenters. The van der Waals surface area contributed by atoms with E-state index < -0.39 is 4.92 Å². The summed E-state index contributed by atoms with van der Waals surface area (Å²) in [6.45, 7) is 0. The van der Waals surface area contributed by atoms with Gasteiger partial charge in [-0.05, 0) is 12.1 Å². The largest absolute Gasteiger partial charge is 0.323 e. The highest BCUT2D eigenvalue weighted by Crippen LogP contribution is 2.20. The summed E-state index contributed by atoms with van der Waals surface area (Å²) in [5.41, 5.74) is 1.64. The first-order chi connectivity index (χ1) is 7.70. The average molecular weight is 238 g/mol. The van der Waals surface area contributed by atoms with E-state index >= 15 is 0 Å². The fourth-order valence-electron chi connectivity index (χ4n) is 1.33. The van der Waals surface area contributed by atoms with Crippen molar-refractivity contribution in [1.82, 2.24) is 9.55 Å². The number of nitro benzene ring substituents is 1. The van der Waals surface area contributed by atoms with Gasteiger partial charge in [-0.15, -0.1) is 11.6 Å². The Balaban J connectivity index is 2.30. The Bertz CT molecular complexity index is 507. The summed E-state index contributed by atoms with van der Waals surface area (Å²) < 4.78 is 1.72. The highest BCUT2D eigenvalue weighted by molar-refractivity contribution is 6.15. The Morgan fingerprint density at radius 3 is 2.56 bits per heavy atom. The Morgan fingerprint density at radius 1 is 1.38 bits per heavy atom. The first kappa shape index (κ1) is 10.6. The molecule has 0 radical (unpaired) electrons. The van der Waals surface area contributed by atoms with Gasteiger partial charge in [-0.2, -0.15) is 0 Å². The number of nitro groups is 1. The molecule has 0 fully saturated rings. The van der Waals surface area contributed by atoms with Gasteiger partial charge in [0, 0.05) is 23.9 Å². The molecule has 1 heterocycles. The molecular formula is C10H8ClN3O2. The summed E-state index contributed by atoms with van der Waals surface area (Å²) in [7, 11) is 0. The standard InChI is InChI=1S/C10H8ClN3O2/c11-6-13-5-10(12-7-13)8-1-3-9(4-2-8)14(15)16/h1-5,7H,6H2. The second-order valence-corrected chi connectivity index (χ2v) is 3.44. The van der Waals surface area contributed by atoms with Gasteiger partial charge in [-0.25, -0.2) is 4.98 Å². The fourth-order valence-corrected chi connectivity index (χ4v) is 1.46. The van der Waals surface area contributed by atoms with Crippen molar-refractivity contribution >= 4 is 17.3 Å². The lowest BCUT2D eigenvalue weighted by molar-refractivity contribution is -0.384. The van der Waals surface area contributed by atoms with E-state index in [1.165, 1.54) is 12.1 Å². The van der Waals surface area contributed by atoms with Gasteiger partial charge >= 0.3 is 0 Å². The second-order valence-electron chi connectivity index (χ2n) is 3.20. The van der Waals surface area contributed by atoms with Gasteiger partial charge in [-0.3, -0.25) is 10.1 Å². The van der Waals surface area contributed by atoms with Crippen molar-refractivity contribution in [1.29, 1.82) is 0 Å². The number of aromatic nitrogens is 2. The van der Waals surface area contributed by atoms with Crippen LogP contribution in [0, 0.1) is 10.1 Å². The lowest BCUT2D eigenvalue weighted by atomic mass is 10.1. The molecule has 6 heteroatoms. The van der Waals surface area contributed by atoms with Crippen LogP contribution in [0.2, 0.25) is 0 Å². The van der Waals surface area contributed by atoms with Gasteiger partial charge in [-0.1, -0.05) is 0 Å². The molecule has 2 aromatic rings. The van der Waals surface area contributed by atoms with Gasteiger partial charge in [0.05, 0.1) is 22.9 Å². The van der Waals surface area contributed by atoms with Crippen molar-refractivity contribution in [2.24, 2.45) is 0 Å². The molecule has 16 heavy (non-hydrogen) atoms. The Morgan fingerprint density at radius 2 is 2.06 bits per heavy atom. The molecule has 1 aromatic heterocycles. The molecule has 0 aliphatic heterocycles. The number of non-ortho nitro benzene ring substituents is 1. The van der Waals surface area contributed by atoms with Crippen LogP contribution in [0.3, 0.4) is 0 Å². The molecule has 0 bridgehead atoms. The molecule has 0 spiro atoms. The van der Waals surface area contributed by atoms with Gasteiger partial charge in [0.25, 0.3) is 5.69 Å². The number of imidazole rings is 1. The van der Waals surface area contributed by atoms with E-state index in [1.54, 1.807) is 29.2 Å². The summed E-state index contributed by atoms with van der Waals surface area (Å²) in [6, 6.07) is 6.57. The van der Waals surface area contributed by atoms with E-state index in [9.17, 15) is 10.1 Å². The third-order valence-electron chi connectivity index (χ3n) is 2.15. The topological polar surface area (TPSA) is 61.0 Å². The molecule has 0 saturated carbocycles. The minimum absolute atomic E-state index is 0.0699. The van der Waals surface area contributed by atoms with Crippen LogP contribution in [0.25, 0.3) is 11.3 Å². The minimum atomic E-state index is -0.429. The van der Waals surface area contributed by atoms with Crippen LogP contribution in [0.15, 0.2) is 36.8 Å². The van der Waals surface area contributed by atoms with Crippen LogP contribution in [0.4, 0.5) is 5.69 Å². The number of rotatable bonds is 3. The molecule has 82 valence electrons. The summed E-state index contributed by atoms with van der Waals surface area (Å²) in [6.07, 6.45) is 3.40. The Kier molecular flexibility index (Phi) is 2.87. The maximum Gasteiger partial charge on any atom is 0.269 e. The summed E-state index contributed by atoms with van der Waals surface area (Å²) in [5, 5.41) is 10.5. The predicted octanol–water partition coefficient (Wildman–Crippen LogP) is 2.65. The van der Waals surface area contributed by atoms with Crippen LogP contribution in [-0.2, 0) is 6.00 Å². The van der Waals surface area contributed by atoms with Crippen molar-refractivity contribution in [3.8, 4) is 11.3 Å². The lowest BCUT2D eigenvalue weighted by Crippen LogP contribution is -1.87. The third kappa shape index (κ3) is 2.04. The first-order valence-electron chi connectivity index (χ1n) is 4.53. The SMILES string of the molecule is O=[N+]([O-])c1ccc(-c2cn(CCl)cn2)cc1. The number of halogens is 1. The van der Waals surface area contributed by atoms with Crippen molar-refractivity contribution in [3.05, 3.63) is 46.9 Å². The van der Waals surface area contributed by atoms with Crippen LogP contribution < -0.4 is 0 Å². The molecule has 0 amide bonds. The summed E-state index contributed by atoms with van der Waals surface area (Å²) in [5.74, 6) is 0. The average Bonchev–Trinajstić information content (AvgIpc) is 2.77. The molecule has 0 N–H and O–H groups in total. The fraction of sp³-hybridized carbons (Fsp3) is 0.100. The Hall–Kier alpha value is -1.88. The van der Waals surface area contributed by atoms with E-state index in [4.69, 9.17) is 11.6 Å². The van der Waals surface area contributed by atoms with E-state index in [0.717, 1.165) is 11.3 Å². The zero-order chi connectivity index (χ0) is 11.5. The van der Waals surface area contributed by atoms with Crippen LogP contribution in [0.1, 0.15) is 0 Å². The molecule has 0 saturated heterocycles. The first-order valence-corrected chi connectivity index (χ1v) is 5.07. The van der Waals surface area contributed by atoms with Crippen molar-refractivity contribution < 1.29 is 4.92 Å².